The lowest BCUT2D eigenvalue weighted by atomic mass is 10.1. The number of nitrogens with zero attached hydrogens (tertiary/aromatic N) is 3. The zero-order valence-electron chi connectivity index (χ0n) is 9.01. The van der Waals surface area contributed by atoms with E-state index in [0.717, 1.165) is 12.1 Å². The minimum Gasteiger partial charge on any atom is -0.398 e. The molecule has 0 unspecified atom stereocenters. The van der Waals surface area contributed by atoms with Crippen LogP contribution in [0.5, 0.6) is 0 Å². The Morgan fingerprint density at radius 2 is 2.05 bits per heavy atom. The Bertz CT molecular complexity index is 638. The van der Waals surface area contributed by atoms with Gasteiger partial charge in [0.25, 0.3) is 17.4 Å². The molecular weight excluding hydrogens is 269 g/mol. The van der Waals surface area contributed by atoms with E-state index in [-0.39, 0.29) is 16.9 Å². The number of nitro benzene ring substituents is 1. The summed E-state index contributed by atoms with van der Waals surface area (Å²) in [5.74, 6) is -2.01. The maximum absolute atomic E-state index is 12.3. The third kappa shape index (κ3) is 2.46. The Labute approximate surface area is 103 Å². The van der Waals surface area contributed by atoms with Crippen molar-refractivity contribution in [3.63, 3.8) is 0 Å². The van der Waals surface area contributed by atoms with Crippen LogP contribution in [0.4, 0.5) is 24.5 Å². The lowest BCUT2D eigenvalue weighted by Crippen LogP contribution is -2.07. The van der Waals surface area contributed by atoms with E-state index in [4.69, 9.17) is 5.73 Å². The molecule has 10 heteroatoms. The van der Waals surface area contributed by atoms with Crippen molar-refractivity contribution in [2.45, 2.75) is 6.18 Å². The number of hydrogen-bond acceptors (Lipinski definition) is 6. The molecule has 0 saturated carbocycles. The van der Waals surface area contributed by atoms with Crippen molar-refractivity contribution in [3.8, 4) is 11.5 Å². The molecule has 19 heavy (non-hydrogen) atoms. The van der Waals surface area contributed by atoms with Crippen molar-refractivity contribution >= 4 is 11.4 Å². The summed E-state index contributed by atoms with van der Waals surface area (Å²) >= 11 is 0. The molecule has 0 radical (unpaired) electrons. The van der Waals surface area contributed by atoms with Crippen LogP contribution in [-0.4, -0.2) is 15.1 Å². The van der Waals surface area contributed by atoms with Crippen LogP contribution in [0.15, 0.2) is 22.7 Å². The number of nitrogen functional groups attached to an aromatic ring is 1. The van der Waals surface area contributed by atoms with Gasteiger partial charge in [0.05, 0.1) is 10.5 Å². The first kappa shape index (κ1) is 12.8. The number of nitrogens with two attached hydrogens (primary N) is 1. The predicted octanol–water partition coefficient (Wildman–Crippen LogP) is 2.25. The Balaban J connectivity index is 2.49. The molecule has 100 valence electrons. The number of alkyl halides is 3. The first-order chi connectivity index (χ1) is 8.79. The Kier molecular flexibility index (Phi) is 2.85. The average molecular weight is 274 g/mol. The number of aromatic nitrogens is 2. The summed E-state index contributed by atoms with van der Waals surface area (Å²) in [6.07, 6.45) is -4.77. The highest BCUT2D eigenvalue weighted by Crippen LogP contribution is 2.32. The number of non-ortho nitro benzene ring substituents is 1. The van der Waals surface area contributed by atoms with Gasteiger partial charge >= 0.3 is 6.18 Å². The second-order valence-corrected chi connectivity index (χ2v) is 3.45. The zero-order chi connectivity index (χ0) is 14.2. The summed E-state index contributed by atoms with van der Waals surface area (Å²) in [6.45, 7) is 0. The summed E-state index contributed by atoms with van der Waals surface area (Å²) in [5.41, 5.74) is 5.02. The molecule has 1 aromatic heterocycles. The molecule has 2 rings (SSSR count). The molecule has 1 aromatic carbocycles. The maximum Gasteiger partial charge on any atom is 0.455 e. The van der Waals surface area contributed by atoms with Gasteiger partial charge < -0.3 is 10.3 Å². The number of rotatable bonds is 2. The van der Waals surface area contributed by atoms with Crippen LogP contribution in [0.25, 0.3) is 11.5 Å². The Morgan fingerprint density at radius 3 is 2.58 bits per heavy atom. The second kappa shape index (κ2) is 4.23. The molecule has 0 fully saturated rings. The monoisotopic (exact) mass is 274 g/mol. The fraction of sp³-hybridized carbons (Fsp3) is 0.111. The van der Waals surface area contributed by atoms with E-state index in [0.29, 0.717) is 0 Å². The Hall–Kier alpha value is -2.65. The summed E-state index contributed by atoms with van der Waals surface area (Å²) in [4.78, 5) is 13.0. The molecule has 0 atom stereocenters. The number of hydrogen-bond donors (Lipinski definition) is 1. The SMILES string of the molecule is Nc1ccc([N+](=O)[O-])cc1-c1nc(C(F)(F)F)no1. The van der Waals surface area contributed by atoms with Gasteiger partial charge in [0, 0.05) is 17.8 Å². The van der Waals surface area contributed by atoms with Crippen molar-refractivity contribution in [2.75, 3.05) is 5.73 Å². The molecule has 2 N–H and O–H groups in total. The maximum atomic E-state index is 12.3. The molecule has 0 amide bonds. The molecule has 0 aliphatic heterocycles. The first-order valence-electron chi connectivity index (χ1n) is 4.74. The van der Waals surface area contributed by atoms with E-state index in [1.165, 1.54) is 6.07 Å². The van der Waals surface area contributed by atoms with E-state index >= 15 is 0 Å². The molecule has 0 aliphatic carbocycles. The lowest BCUT2D eigenvalue weighted by Gasteiger charge is -2.00. The second-order valence-electron chi connectivity index (χ2n) is 3.45. The summed E-state index contributed by atoms with van der Waals surface area (Å²) in [5, 5.41) is 13.3. The standard InChI is InChI=1S/C9H5F3N4O3/c10-9(11,12)8-14-7(19-15-8)5-3-4(16(17)18)1-2-6(5)13/h1-3H,13H2. The number of nitro groups is 1. The average Bonchev–Trinajstić information content (AvgIpc) is 2.78. The molecule has 0 spiro atoms. The van der Waals surface area contributed by atoms with Gasteiger partial charge in [-0.3, -0.25) is 10.1 Å². The van der Waals surface area contributed by atoms with Crippen molar-refractivity contribution in [1.29, 1.82) is 0 Å². The third-order valence-corrected chi connectivity index (χ3v) is 2.16. The van der Waals surface area contributed by atoms with E-state index in [2.05, 4.69) is 14.7 Å². The van der Waals surface area contributed by atoms with Crippen LogP contribution in [-0.2, 0) is 6.18 Å². The summed E-state index contributed by atoms with van der Waals surface area (Å²) in [7, 11) is 0. The van der Waals surface area contributed by atoms with Crippen molar-refractivity contribution < 1.29 is 22.6 Å². The van der Waals surface area contributed by atoms with Crippen LogP contribution >= 0.6 is 0 Å². The molecule has 0 aliphatic rings. The first-order valence-corrected chi connectivity index (χ1v) is 4.74. The topological polar surface area (TPSA) is 108 Å². The zero-order valence-corrected chi connectivity index (χ0v) is 9.01. The summed E-state index contributed by atoms with van der Waals surface area (Å²) in [6, 6.07) is 3.24. The van der Waals surface area contributed by atoms with Gasteiger partial charge in [-0.1, -0.05) is 5.16 Å². The van der Waals surface area contributed by atoms with Crippen molar-refractivity contribution in [2.24, 2.45) is 0 Å². The molecule has 2 aromatic rings. The minimum atomic E-state index is -4.77. The smallest absolute Gasteiger partial charge is 0.398 e. The van der Waals surface area contributed by atoms with E-state index < -0.39 is 22.8 Å². The molecule has 0 saturated heterocycles. The van der Waals surface area contributed by atoms with Gasteiger partial charge in [-0.25, -0.2) is 0 Å². The van der Waals surface area contributed by atoms with Gasteiger partial charge in [-0.2, -0.15) is 18.2 Å². The van der Waals surface area contributed by atoms with Crippen LogP contribution in [0.1, 0.15) is 5.82 Å². The van der Waals surface area contributed by atoms with Gasteiger partial charge in [0.2, 0.25) is 0 Å². The highest BCUT2D eigenvalue weighted by atomic mass is 19.4. The van der Waals surface area contributed by atoms with Gasteiger partial charge in [-0.05, 0) is 6.07 Å². The Morgan fingerprint density at radius 1 is 1.37 bits per heavy atom. The predicted molar refractivity (Wildman–Crippen MR) is 55.8 cm³/mol. The molecule has 1 heterocycles. The third-order valence-electron chi connectivity index (χ3n) is 2.16. The minimum absolute atomic E-state index is 0.0111. The lowest BCUT2D eigenvalue weighted by molar-refractivity contribution is -0.384. The largest absolute Gasteiger partial charge is 0.455 e. The summed E-state index contributed by atoms with van der Waals surface area (Å²) < 4.78 is 41.3. The fourth-order valence-corrected chi connectivity index (χ4v) is 1.29. The van der Waals surface area contributed by atoms with Crippen molar-refractivity contribution in [3.05, 3.63) is 34.1 Å². The van der Waals surface area contributed by atoms with E-state index in [1.54, 1.807) is 0 Å². The van der Waals surface area contributed by atoms with E-state index in [1.807, 2.05) is 0 Å². The quantitative estimate of drug-likeness (QED) is 0.511. The van der Waals surface area contributed by atoms with Crippen molar-refractivity contribution in [1.82, 2.24) is 10.1 Å². The van der Waals surface area contributed by atoms with E-state index in [9.17, 15) is 23.3 Å². The van der Waals surface area contributed by atoms with Gasteiger partial charge in [0.1, 0.15) is 0 Å². The highest BCUT2D eigenvalue weighted by molar-refractivity contribution is 5.73. The normalized spacial score (nSPS) is 11.5. The molecule has 7 nitrogen and oxygen atoms in total. The number of halogens is 3. The molecular formula is C9H5F3N4O3. The van der Waals surface area contributed by atoms with Gasteiger partial charge in [-0.15, -0.1) is 0 Å². The van der Waals surface area contributed by atoms with Crippen LogP contribution in [0.3, 0.4) is 0 Å². The fourth-order valence-electron chi connectivity index (χ4n) is 1.29. The highest BCUT2D eigenvalue weighted by Gasteiger charge is 2.37. The number of benzene rings is 1. The van der Waals surface area contributed by atoms with Crippen LogP contribution in [0.2, 0.25) is 0 Å². The molecule has 0 bridgehead atoms. The van der Waals surface area contributed by atoms with Crippen LogP contribution < -0.4 is 5.73 Å². The number of anilines is 1. The van der Waals surface area contributed by atoms with Crippen LogP contribution in [0, 0.1) is 10.1 Å². The van der Waals surface area contributed by atoms with Gasteiger partial charge in [0.15, 0.2) is 0 Å².